The van der Waals surface area contributed by atoms with Gasteiger partial charge in [-0.2, -0.15) is 23.3 Å². The summed E-state index contributed by atoms with van der Waals surface area (Å²) in [6, 6.07) is 3.74. The Hall–Kier alpha value is -4.29. The lowest BCUT2D eigenvalue weighted by atomic mass is 9.90. The lowest BCUT2D eigenvalue weighted by Crippen LogP contribution is -2.41. The molecule has 2 unspecified atom stereocenters. The van der Waals surface area contributed by atoms with Gasteiger partial charge in [0.1, 0.15) is 6.54 Å². The van der Waals surface area contributed by atoms with E-state index in [2.05, 4.69) is 25.0 Å². The van der Waals surface area contributed by atoms with Crippen molar-refractivity contribution in [3.05, 3.63) is 53.7 Å². The number of methoxy groups -OCH3 is 2. The van der Waals surface area contributed by atoms with Crippen molar-refractivity contribution in [2.75, 3.05) is 25.7 Å². The van der Waals surface area contributed by atoms with Crippen LogP contribution in [0.2, 0.25) is 0 Å². The van der Waals surface area contributed by atoms with Crippen molar-refractivity contribution in [3.8, 4) is 23.1 Å². The molecule has 1 fully saturated rings. The monoisotopic (exact) mass is 539 g/mol. The highest BCUT2D eigenvalue weighted by atomic mass is 19.4. The molecule has 4 aromatic heterocycles. The van der Waals surface area contributed by atoms with E-state index in [4.69, 9.17) is 9.47 Å². The highest BCUT2D eigenvalue weighted by Crippen LogP contribution is 2.57. The molecule has 6 rings (SSSR count). The van der Waals surface area contributed by atoms with E-state index in [1.165, 1.54) is 14.2 Å². The molecular weight excluding hydrogens is 515 g/mol. The normalized spacial score (nSPS) is 19.9. The van der Waals surface area contributed by atoms with Gasteiger partial charge in [0.15, 0.2) is 5.65 Å². The fourth-order valence-corrected chi connectivity index (χ4v) is 5.28. The lowest BCUT2D eigenvalue weighted by molar-refractivity contribution is -0.134. The second kappa shape index (κ2) is 8.61. The topological polar surface area (TPSA) is 108 Å². The molecule has 0 N–H and O–H groups in total. The van der Waals surface area contributed by atoms with Gasteiger partial charge in [-0.3, -0.25) is 9.78 Å². The van der Waals surface area contributed by atoms with Crippen molar-refractivity contribution in [2.24, 2.45) is 0 Å². The summed E-state index contributed by atoms with van der Waals surface area (Å²) < 4.78 is 52.2. The van der Waals surface area contributed by atoms with Crippen LogP contribution >= 0.6 is 0 Å². The Labute approximate surface area is 220 Å². The number of carbonyl (C=O) groups excluding carboxylic acids is 1. The van der Waals surface area contributed by atoms with Crippen molar-refractivity contribution >= 4 is 17.2 Å². The van der Waals surface area contributed by atoms with Crippen LogP contribution in [-0.4, -0.2) is 62.4 Å². The van der Waals surface area contributed by atoms with E-state index in [0.717, 1.165) is 22.4 Å². The number of hydrogen-bond acceptors (Lipinski definition) is 8. The van der Waals surface area contributed by atoms with Crippen LogP contribution in [-0.2, 0) is 10.2 Å². The lowest BCUT2D eigenvalue weighted by Gasteiger charge is -2.21. The van der Waals surface area contributed by atoms with Crippen molar-refractivity contribution in [1.29, 1.82) is 0 Å². The fraction of sp³-hybridized carbons (Fsp3) is 0.385. The molecule has 1 aliphatic carbocycles. The second-order valence-corrected chi connectivity index (χ2v) is 10.2. The minimum atomic E-state index is -4.53. The molecule has 202 valence electrons. The first kappa shape index (κ1) is 25.0. The number of fused-ring (bicyclic) bond motifs is 2. The van der Waals surface area contributed by atoms with Crippen molar-refractivity contribution < 1.29 is 27.4 Å². The molecule has 0 saturated heterocycles. The van der Waals surface area contributed by atoms with Crippen LogP contribution in [0.3, 0.4) is 0 Å². The summed E-state index contributed by atoms with van der Waals surface area (Å²) in [5, 5.41) is 4.64. The molecule has 2 aliphatic rings. The van der Waals surface area contributed by atoms with Gasteiger partial charge in [0.25, 0.3) is 0 Å². The Kier molecular flexibility index (Phi) is 5.52. The third-order valence-electron chi connectivity index (χ3n) is 7.28. The quantitative estimate of drug-likeness (QED) is 0.361. The van der Waals surface area contributed by atoms with Crippen LogP contribution in [0.25, 0.3) is 16.9 Å². The molecule has 39 heavy (non-hydrogen) atoms. The van der Waals surface area contributed by atoms with Gasteiger partial charge < -0.3 is 14.4 Å². The number of halogens is 3. The Balaban J connectivity index is 1.37. The maximum absolute atomic E-state index is 13.3. The summed E-state index contributed by atoms with van der Waals surface area (Å²) in [5.74, 6) is -0.311. The third-order valence-corrected chi connectivity index (χ3v) is 7.28. The van der Waals surface area contributed by atoms with E-state index in [0.29, 0.717) is 28.5 Å². The summed E-state index contributed by atoms with van der Waals surface area (Å²) in [7, 11) is 2.95. The number of anilines is 1. The highest BCUT2D eigenvalue weighted by Gasteiger charge is 2.50. The zero-order valence-electron chi connectivity index (χ0n) is 21.5. The van der Waals surface area contributed by atoms with E-state index in [-0.39, 0.29) is 23.5 Å². The molecule has 0 aromatic carbocycles. The van der Waals surface area contributed by atoms with Crippen LogP contribution in [0.15, 0.2) is 36.9 Å². The first-order valence-electron chi connectivity index (χ1n) is 12.2. The van der Waals surface area contributed by atoms with Gasteiger partial charge in [0.2, 0.25) is 11.8 Å². The van der Waals surface area contributed by atoms with Crippen LogP contribution in [0, 0.1) is 0 Å². The molecule has 10 nitrogen and oxygen atoms in total. The predicted molar refractivity (Wildman–Crippen MR) is 133 cm³/mol. The van der Waals surface area contributed by atoms with Gasteiger partial charge in [-0.15, -0.1) is 0 Å². The molecule has 1 aliphatic heterocycles. The van der Waals surface area contributed by atoms with Crippen LogP contribution in [0.4, 0.5) is 18.9 Å². The highest BCUT2D eigenvalue weighted by molar-refractivity contribution is 6.07. The van der Waals surface area contributed by atoms with E-state index in [1.807, 2.05) is 6.07 Å². The number of carbonyl (C=O) groups is 1. The third kappa shape index (κ3) is 4.12. The van der Waals surface area contributed by atoms with Gasteiger partial charge in [0.05, 0.1) is 42.3 Å². The zero-order chi connectivity index (χ0) is 27.7. The molecule has 1 saturated carbocycles. The van der Waals surface area contributed by atoms with E-state index >= 15 is 0 Å². The molecule has 0 radical (unpaired) electrons. The number of amides is 1. The molecule has 4 aromatic rings. The molecule has 1 amide bonds. The molecule has 0 spiro atoms. The van der Waals surface area contributed by atoms with Gasteiger partial charge in [-0.05, 0) is 49.8 Å². The number of aromatic nitrogens is 6. The Morgan fingerprint density at radius 3 is 2.59 bits per heavy atom. The Bertz CT molecular complexity index is 1620. The summed E-state index contributed by atoms with van der Waals surface area (Å²) in [4.78, 5) is 31.1. The van der Waals surface area contributed by atoms with Crippen LogP contribution in [0.1, 0.15) is 48.9 Å². The Morgan fingerprint density at radius 2 is 1.87 bits per heavy atom. The number of alkyl halides is 3. The smallest absolute Gasteiger partial charge is 0.406 e. The minimum absolute atomic E-state index is 0.0147. The average Bonchev–Trinajstić information content (AvgIpc) is 3.52. The van der Waals surface area contributed by atoms with Crippen LogP contribution in [0.5, 0.6) is 11.9 Å². The summed E-state index contributed by atoms with van der Waals surface area (Å²) in [5.41, 5.74) is 2.92. The molecular formula is C26H24F3N7O3. The number of pyridine rings is 1. The van der Waals surface area contributed by atoms with Crippen molar-refractivity contribution in [2.45, 2.75) is 43.7 Å². The van der Waals surface area contributed by atoms with Crippen LogP contribution < -0.4 is 14.4 Å². The number of imidazole rings is 1. The zero-order valence-corrected chi connectivity index (χ0v) is 21.5. The largest absolute Gasteiger partial charge is 0.480 e. The maximum atomic E-state index is 13.3. The van der Waals surface area contributed by atoms with Gasteiger partial charge in [-0.1, -0.05) is 0 Å². The first-order chi connectivity index (χ1) is 18.5. The second-order valence-electron chi connectivity index (χ2n) is 10.2. The number of hydrogen-bond donors (Lipinski definition) is 0. The van der Waals surface area contributed by atoms with E-state index < -0.39 is 24.0 Å². The fourth-order valence-electron chi connectivity index (χ4n) is 5.28. The SMILES string of the molecule is COc1ncc(-c2cc(C3CC3c3cnc4c(c3)N(CC(F)(F)F)C(=O)C4(C)C)c3nccn3n2)c(OC)n1. The van der Waals surface area contributed by atoms with Crippen molar-refractivity contribution in [1.82, 2.24) is 29.5 Å². The first-order valence-corrected chi connectivity index (χ1v) is 12.2. The Morgan fingerprint density at radius 1 is 1.08 bits per heavy atom. The molecule has 5 heterocycles. The standard InChI is InChI=1S/C26H24F3N7O3/c1-25(2)20-19(35(23(25)37)12-26(27,28)29)7-13(10-31-20)14-8-15(14)16-9-18(34-36-6-5-30-21(16)36)17-11-32-24(39-4)33-22(17)38-3/h5-7,9-11,14-15H,8,12H2,1-4H3. The molecule has 0 bridgehead atoms. The minimum Gasteiger partial charge on any atom is -0.480 e. The van der Waals surface area contributed by atoms with Gasteiger partial charge in [-0.25, -0.2) is 14.5 Å². The maximum Gasteiger partial charge on any atom is 0.406 e. The van der Waals surface area contributed by atoms with E-state index in [1.54, 1.807) is 49.2 Å². The average molecular weight is 540 g/mol. The molecule has 13 heteroatoms. The summed E-state index contributed by atoms with van der Waals surface area (Å²) in [6.07, 6.45) is 2.82. The van der Waals surface area contributed by atoms with Gasteiger partial charge >= 0.3 is 12.2 Å². The van der Waals surface area contributed by atoms with Gasteiger partial charge in [0, 0.05) is 30.4 Å². The number of nitrogens with zero attached hydrogens (tertiary/aromatic N) is 7. The molecule has 2 atom stereocenters. The van der Waals surface area contributed by atoms with Crippen molar-refractivity contribution in [3.63, 3.8) is 0 Å². The number of rotatable bonds is 6. The number of ether oxygens (including phenoxy) is 2. The van der Waals surface area contributed by atoms with E-state index in [9.17, 15) is 18.0 Å². The summed E-state index contributed by atoms with van der Waals surface area (Å²) in [6.45, 7) is 1.85. The predicted octanol–water partition coefficient (Wildman–Crippen LogP) is 4.06. The summed E-state index contributed by atoms with van der Waals surface area (Å²) >= 11 is 0.